The fourth-order valence-corrected chi connectivity index (χ4v) is 2.97. The fourth-order valence-electron chi connectivity index (χ4n) is 2.22. The number of nitro benzene ring substituents is 1. The van der Waals surface area contributed by atoms with Crippen molar-refractivity contribution in [2.75, 3.05) is 17.7 Å². The van der Waals surface area contributed by atoms with Gasteiger partial charge in [0.25, 0.3) is 11.6 Å². The Morgan fingerprint density at radius 3 is 2.50 bits per heavy atom. The van der Waals surface area contributed by atoms with Crippen molar-refractivity contribution in [1.29, 1.82) is 0 Å². The van der Waals surface area contributed by atoms with Crippen molar-refractivity contribution in [3.63, 3.8) is 0 Å². The van der Waals surface area contributed by atoms with Crippen molar-refractivity contribution in [3.05, 3.63) is 63.7 Å². The lowest BCUT2D eigenvalue weighted by Crippen LogP contribution is -2.16. The average Bonchev–Trinajstić information content (AvgIpc) is 2.67. The zero-order valence-electron chi connectivity index (χ0n) is 14.8. The number of para-hydroxylation sites is 1. The quantitative estimate of drug-likeness (QED) is 0.298. The van der Waals surface area contributed by atoms with Crippen molar-refractivity contribution in [2.45, 2.75) is 11.8 Å². The first-order valence-electron chi connectivity index (χ1n) is 8.10. The summed E-state index contributed by atoms with van der Waals surface area (Å²) in [6.07, 6.45) is 0. The Morgan fingerprint density at radius 2 is 1.86 bits per heavy atom. The molecule has 2 aromatic rings. The molecule has 9 nitrogen and oxygen atoms in total. The lowest BCUT2D eigenvalue weighted by atomic mass is 10.1. The summed E-state index contributed by atoms with van der Waals surface area (Å²) in [4.78, 5) is 46.6. The van der Waals surface area contributed by atoms with Gasteiger partial charge in [-0.25, -0.2) is 4.79 Å². The number of nitro groups is 1. The summed E-state index contributed by atoms with van der Waals surface area (Å²) in [6.45, 7) is 1.69. The lowest BCUT2D eigenvalue weighted by Gasteiger charge is -2.11. The number of hydrogen-bond acceptors (Lipinski definition) is 7. The van der Waals surface area contributed by atoms with Gasteiger partial charge in [0.05, 0.1) is 28.5 Å². The molecule has 0 unspecified atom stereocenters. The minimum absolute atomic E-state index is 0.0245. The summed E-state index contributed by atoms with van der Waals surface area (Å²) >= 11 is 1.14. The van der Waals surface area contributed by atoms with Gasteiger partial charge in [0.2, 0.25) is 5.91 Å². The number of carbonyl (C=O) groups excluding carboxylic acids is 3. The van der Waals surface area contributed by atoms with E-state index in [1.807, 2.05) is 0 Å². The maximum Gasteiger partial charge on any atom is 0.338 e. The second-order valence-electron chi connectivity index (χ2n) is 5.45. The van der Waals surface area contributed by atoms with Gasteiger partial charge in [-0.1, -0.05) is 12.1 Å². The number of thioether (sulfide) groups is 1. The Bertz CT molecular complexity index is 931. The second kappa shape index (κ2) is 9.51. The number of primary amides is 1. The lowest BCUT2D eigenvalue weighted by molar-refractivity contribution is -0.384. The molecule has 0 aliphatic carbocycles. The number of carbonyl (C=O) groups is 3. The van der Waals surface area contributed by atoms with E-state index in [-0.39, 0.29) is 23.5 Å². The standard InChI is InChI=1S/C18H17N3O6S/c1-2-27-18(24)12-7-11(8-13(9-12)21(25)26)17(23)20-14-5-3-4-6-15(14)28-10-16(19)22/h3-9H,2,10H2,1H3,(H2,19,22)(H,20,23). The Hall–Kier alpha value is -3.40. The SMILES string of the molecule is CCOC(=O)c1cc(C(=O)Nc2ccccc2SCC(N)=O)cc([N+](=O)[O-])c1. The van der Waals surface area contributed by atoms with Crippen molar-refractivity contribution in [2.24, 2.45) is 5.73 Å². The highest BCUT2D eigenvalue weighted by molar-refractivity contribution is 8.00. The third kappa shape index (κ3) is 5.55. The normalized spacial score (nSPS) is 10.2. The van der Waals surface area contributed by atoms with Gasteiger partial charge >= 0.3 is 5.97 Å². The number of rotatable bonds is 8. The average molecular weight is 403 g/mol. The molecule has 146 valence electrons. The third-order valence-corrected chi connectivity index (χ3v) is 4.50. The predicted molar refractivity (Wildman–Crippen MR) is 103 cm³/mol. The van der Waals surface area contributed by atoms with Crippen LogP contribution in [0.4, 0.5) is 11.4 Å². The number of esters is 1. The summed E-state index contributed by atoms with van der Waals surface area (Å²) in [5, 5.41) is 13.8. The van der Waals surface area contributed by atoms with Gasteiger partial charge in [0.15, 0.2) is 0 Å². The number of hydrogen-bond donors (Lipinski definition) is 2. The highest BCUT2D eigenvalue weighted by Crippen LogP contribution is 2.27. The largest absolute Gasteiger partial charge is 0.462 e. The van der Waals surface area contributed by atoms with E-state index in [1.54, 1.807) is 31.2 Å². The number of benzene rings is 2. The number of nitrogens with two attached hydrogens (primary N) is 1. The van der Waals surface area contributed by atoms with Crippen LogP contribution < -0.4 is 11.1 Å². The molecule has 0 saturated heterocycles. The van der Waals surface area contributed by atoms with Gasteiger partial charge in [0.1, 0.15) is 0 Å². The molecule has 0 fully saturated rings. The molecule has 0 aromatic heterocycles. The van der Waals surface area contributed by atoms with Crippen molar-refractivity contribution in [3.8, 4) is 0 Å². The second-order valence-corrected chi connectivity index (χ2v) is 6.47. The zero-order valence-corrected chi connectivity index (χ0v) is 15.7. The molecular weight excluding hydrogens is 386 g/mol. The zero-order chi connectivity index (χ0) is 20.7. The minimum Gasteiger partial charge on any atom is -0.462 e. The molecule has 3 N–H and O–H groups in total. The number of anilines is 1. The van der Waals surface area contributed by atoms with Crippen LogP contribution in [0.25, 0.3) is 0 Å². The first-order valence-corrected chi connectivity index (χ1v) is 9.08. The van der Waals surface area contributed by atoms with Crippen LogP contribution in [-0.4, -0.2) is 35.1 Å². The molecule has 0 heterocycles. The minimum atomic E-state index is -0.766. The molecule has 0 saturated carbocycles. The van der Waals surface area contributed by atoms with Crippen LogP contribution in [0, 0.1) is 10.1 Å². The van der Waals surface area contributed by atoms with Crippen LogP contribution in [0.2, 0.25) is 0 Å². The Kier molecular flexibility index (Phi) is 7.10. The number of nitrogens with zero attached hydrogens (tertiary/aromatic N) is 1. The van der Waals surface area contributed by atoms with E-state index in [0.717, 1.165) is 23.9 Å². The van der Waals surface area contributed by atoms with Gasteiger partial charge in [-0.3, -0.25) is 19.7 Å². The van der Waals surface area contributed by atoms with Crippen molar-refractivity contribution < 1.29 is 24.0 Å². The first kappa shape index (κ1) is 20.9. The van der Waals surface area contributed by atoms with Crippen molar-refractivity contribution >= 4 is 40.9 Å². The molecular formula is C18H17N3O6S. The molecule has 2 rings (SSSR count). The Morgan fingerprint density at radius 1 is 1.18 bits per heavy atom. The van der Waals surface area contributed by atoms with Gasteiger partial charge in [-0.15, -0.1) is 11.8 Å². The molecule has 0 aliphatic heterocycles. The van der Waals surface area contributed by atoms with Crippen LogP contribution in [0.3, 0.4) is 0 Å². The first-order chi connectivity index (χ1) is 13.3. The molecule has 0 radical (unpaired) electrons. The van der Waals surface area contributed by atoms with Crippen molar-refractivity contribution in [1.82, 2.24) is 0 Å². The smallest absolute Gasteiger partial charge is 0.338 e. The summed E-state index contributed by atoms with van der Waals surface area (Å²) in [6, 6.07) is 10.1. The van der Waals surface area contributed by atoms with E-state index >= 15 is 0 Å². The fraction of sp³-hybridized carbons (Fsp3) is 0.167. The van der Waals surface area contributed by atoms with E-state index in [0.29, 0.717) is 10.6 Å². The van der Waals surface area contributed by atoms with Crippen LogP contribution in [0.1, 0.15) is 27.6 Å². The van der Waals surface area contributed by atoms with Gasteiger partial charge < -0.3 is 15.8 Å². The van der Waals surface area contributed by atoms with E-state index in [2.05, 4.69) is 5.32 Å². The summed E-state index contributed by atoms with van der Waals surface area (Å²) < 4.78 is 4.85. The van der Waals surface area contributed by atoms with Crippen LogP contribution in [0.5, 0.6) is 0 Å². The number of ether oxygens (including phenoxy) is 1. The molecule has 0 aliphatic rings. The highest BCUT2D eigenvalue weighted by atomic mass is 32.2. The van der Waals surface area contributed by atoms with Gasteiger partial charge in [-0.05, 0) is 25.1 Å². The monoisotopic (exact) mass is 403 g/mol. The molecule has 0 atom stereocenters. The van der Waals surface area contributed by atoms with Crippen LogP contribution in [0.15, 0.2) is 47.4 Å². The molecule has 10 heteroatoms. The summed E-state index contributed by atoms with van der Waals surface area (Å²) in [7, 11) is 0. The number of non-ortho nitro benzene ring substituents is 1. The Balaban J connectivity index is 2.33. The molecule has 0 bridgehead atoms. The van der Waals surface area contributed by atoms with E-state index in [9.17, 15) is 24.5 Å². The molecule has 2 aromatic carbocycles. The Labute approximate surface area is 164 Å². The molecule has 0 spiro atoms. The predicted octanol–water partition coefficient (Wildman–Crippen LogP) is 2.60. The topological polar surface area (TPSA) is 142 Å². The molecule has 2 amide bonds. The van der Waals surface area contributed by atoms with Crippen LogP contribution in [-0.2, 0) is 9.53 Å². The van der Waals surface area contributed by atoms with Crippen LogP contribution >= 0.6 is 11.8 Å². The number of amides is 2. The highest BCUT2D eigenvalue weighted by Gasteiger charge is 2.19. The maximum absolute atomic E-state index is 12.6. The third-order valence-electron chi connectivity index (χ3n) is 3.41. The number of nitrogens with one attached hydrogen (secondary N) is 1. The summed E-state index contributed by atoms with van der Waals surface area (Å²) in [5.41, 5.74) is 4.96. The molecule has 28 heavy (non-hydrogen) atoms. The van der Waals surface area contributed by atoms with E-state index in [4.69, 9.17) is 10.5 Å². The maximum atomic E-state index is 12.6. The van der Waals surface area contributed by atoms with E-state index < -0.39 is 28.4 Å². The van der Waals surface area contributed by atoms with Gasteiger partial charge in [-0.2, -0.15) is 0 Å². The van der Waals surface area contributed by atoms with Gasteiger partial charge in [0, 0.05) is 22.6 Å². The van der Waals surface area contributed by atoms with E-state index in [1.165, 1.54) is 6.07 Å². The summed E-state index contributed by atoms with van der Waals surface area (Å²) in [5.74, 6) is -1.90.